The minimum atomic E-state index is -0.255. The molecule has 1 aromatic rings. The highest BCUT2D eigenvalue weighted by Crippen LogP contribution is 2.23. The molecule has 2 unspecified atom stereocenters. The zero-order valence-corrected chi connectivity index (χ0v) is 11.9. The highest BCUT2D eigenvalue weighted by molar-refractivity contribution is 7.99. The lowest BCUT2D eigenvalue weighted by Gasteiger charge is -2.13. The maximum absolute atomic E-state index is 9.92. The van der Waals surface area contributed by atoms with Crippen molar-refractivity contribution in [3.63, 3.8) is 0 Å². The zero-order valence-electron chi connectivity index (χ0n) is 10.3. The van der Waals surface area contributed by atoms with Crippen molar-refractivity contribution in [3.8, 4) is 0 Å². The standard InChI is InChI=1S/C14H19ClO2S/c15-11-3-7-14(8-4-11)18-10-12(16)5-6-13-2-1-9-17-13/h3-4,7-8,12-13,16H,1-2,5-6,9-10H2. The van der Waals surface area contributed by atoms with Gasteiger partial charge in [-0.15, -0.1) is 11.8 Å². The van der Waals surface area contributed by atoms with Crippen molar-refractivity contribution in [1.82, 2.24) is 0 Å². The van der Waals surface area contributed by atoms with Gasteiger partial charge in [0.1, 0.15) is 0 Å². The van der Waals surface area contributed by atoms with Crippen LogP contribution in [0.3, 0.4) is 0 Å². The molecule has 2 atom stereocenters. The molecule has 0 amide bonds. The van der Waals surface area contributed by atoms with E-state index in [1.165, 1.54) is 6.42 Å². The van der Waals surface area contributed by atoms with Gasteiger partial charge < -0.3 is 9.84 Å². The largest absolute Gasteiger partial charge is 0.392 e. The fourth-order valence-electron chi connectivity index (χ4n) is 2.06. The van der Waals surface area contributed by atoms with E-state index >= 15 is 0 Å². The van der Waals surface area contributed by atoms with Gasteiger partial charge in [-0.25, -0.2) is 0 Å². The van der Waals surface area contributed by atoms with E-state index in [1.807, 2.05) is 24.3 Å². The van der Waals surface area contributed by atoms with Crippen molar-refractivity contribution < 1.29 is 9.84 Å². The number of benzene rings is 1. The molecule has 1 aliphatic rings. The Morgan fingerprint density at radius 3 is 2.83 bits per heavy atom. The molecule has 1 fully saturated rings. The second-order valence-electron chi connectivity index (χ2n) is 4.63. The highest BCUT2D eigenvalue weighted by atomic mass is 35.5. The molecule has 1 saturated heterocycles. The third-order valence-corrected chi connectivity index (χ3v) is 4.51. The molecule has 0 radical (unpaired) electrons. The van der Waals surface area contributed by atoms with Crippen molar-refractivity contribution in [2.45, 2.75) is 42.8 Å². The van der Waals surface area contributed by atoms with E-state index in [0.717, 1.165) is 41.5 Å². The first-order valence-corrected chi connectivity index (χ1v) is 7.78. The number of rotatable bonds is 6. The Labute approximate surface area is 118 Å². The van der Waals surface area contributed by atoms with Crippen LogP contribution in [0.2, 0.25) is 5.02 Å². The second-order valence-corrected chi connectivity index (χ2v) is 6.16. The van der Waals surface area contributed by atoms with Crippen LogP contribution in [0.25, 0.3) is 0 Å². The smallest absolute Gasteiger partial charge is 0.0635 e. The van der Waals surface area contributed by atoms with Crippen molar-refractivity contribution in [3.05, 3.63) is 29.3 Å². The number of thioether (sulfide) groups is 1. The quantitative estimate of drug-likeness (QED) is 0.808. The Bertz CT molecular complexity index is 349. The summed E-state index contributed by atoms with van der Waals surface area (Å²) < 4.78 is 5.55. The normalized spacial score (nSPS) is 21.1. The Kier molecular flexibility index (Phi) is 5.83. The fraction of sp³-hybridized carbons (Fsp3) is 0.571. The van der Waals surface area contributed by atoms with Crippen molar-refractivity contribution >= 4 is 23.4 Å². The second kappa shape index (κ2) is 7.39. The minimum absolute atomic E-state index is 0.255. The molecule has 1 N–H and O–H groups in total. The van der Waals surface area contributed by atoms with Gasteiger partial charge in [-0.1, -0.05) is 11.6 Å². The summed E-state index contributed by atoms with van der Waals surface area (Å²) in [4.78, 5) is 1.15. The van der Waals surface area contributed by atoms with E-state index in [2.05, 4.69) is 0 Å². The van der Waals surface area contributed by atoms with E-state index in [-0.39, 0.29) is 6.10 Å². The van der Waals surface area contributed by atoms with Gasteiger partial charge in [-0.2, -0.15) is 0 Å². The van der Waals surface area contributed by atoms with Gasteiger partial charge in [0, 0.05) is 22.3 Å². The predicted molar refractivity (Wildman–Crippen MR) is 76.4 cm³/mol. The van der Waals surface area contributed by atoms with Crippen LogP contribution in [0, 0.1) is 0 Å². The van der Waals surface area contributed by atoms with E-state index in [9.17, 15) is 5.11 Å². The molecular formula is C14H19ClO2S. The molecule has 2 nitrogen and oxygen atoms in total. The average molecular weight is 287 g/mol. The van der Waals surface area contributed by atoms with E-state index in [0.29, 0.717) is 6.10 Å². The van der Waals surface area contributed by atoms with Gasteiger partial charge in [0.15, 0.2) is 0 Å². The first-order chi connectivity index (χ1) is 8.74. The zero-order chi connectivity index (χ0) is 12.8. The summed E-state index contributed by atoms with van der Waals surface area (Å²) >= 11 is 7.49. The summed E-state index contributed by atoms with van der Waals surface area (Å²) in [6.07, 6.45) is 4.24. The third kappa shape index (κ3) is 4.81. The van der Waals surface area contributed by atoms with Crippen molar-refractivity contribution in [2.24, 2.45) is 0 Å². The third-order valence-electron chi connectivity index (χ3n) is 3.10. The summed E-state index contributed by atoms with van der Waals surface area (Å²) in [5.74, 6) is 0.731. The molecule has 0 aromatic heterocycles. The Hall–Kier alpha value is -0.220. The molecule has 1 aliphatic heterocycles. The highest BCUT2D eigenvalue weighted by Gasteiger charge is 2.16. The van der Waals surface area contributed by atoms with Crippen molar-refractivity contribution in [1.29, 1.82) is 0 Å². The molecule has 1 heterocycles. The monoisotopic (exact) mass is 286 g/mol. The maximum Gasteiger partial charge on any atom is 0.0635 e. The van der Waals surface area contributed by atoms with Crippen LogP contribution in [0.15, 0.2) is 29.2 Å². The lowest BCUT2D eigenvalue weighted by Crippen LogP contribution is -2.14. The molecular weight excluding hydrogens is 268 g/mol. The minimum Gasteiger partial charge on any atom is -0.392 e. The summed E-state index contributed by atoms with van der Waals surface area (Å²) in [5.41, 5.74) is 0. The lowest BCUT2D eigenvalue weighted by molar-refractivity contribution is 0.0861. The molecule has 2 rings (SSSR count). The molecule has 0 bridgehead atoms. The molecule has 100 valence electrons. The maximum atomic E-state index is 9.92. The predicted octanol–water partition coefficient (Wildman–Crippen LogP) is 3.75. The number of ether oxygens (including phenoxy) is 1. The van der Waals surface area contributed by atoms with Crippen LogP contribution in [0.4, 0.5) is 0 Å². The molecule has 0 aliphatic carbocycles. The van der Waals surface area contributed by atoms with Crippen LogP contribution in [0.5, 0.6) is 0 Å². The van der Waals surface area contributed by atoms with E-state index in [1.54, 1.807) is 11.8 Å². The van der Waals surface area contributed by atoms with Gasteiger partial charge in [-0.05, 0) is 49.9 Å². The first kappa shape index (κ1) is 14.2. The van der Waals surface area contributed by atoms with Gasteiger partial charge in [0.25, 0.3) is 0 Å². The SMILES string of the molecule is OC(CCC1CCCO1)CSc1ccc(Cl)cc1. The van der Waals surface area contributed by atoms with Crippen LogP contribution < -0.4 is 0 Å². The molecule has 18 heavy (non-hydrogen) atoms. The van der Waals surface area contributed by atoms with E-state index < -0.39 is 0 Å². The molecule has 0 saturated carbocycles. The Morgan fingerprint density at radius 2 is 2.17 bits per heavy atom. The molecule has 0 spiro atoms. The average Bonchev–Trinajstić information content (AvgIpc) is 2.89. The first-order valence-electron chi connectivity index (χ1n) is 6.42. The number of aliphatic hydroxyl groups excluding tert-OH is 1. The molecule has 1 aromatic carbocycles. The number of halogens is 1. The van der Waals surface area contributed by atoms with Gasteiger partial charge in [0.2, 0.25) is 0 Å². The fourth-order valence-corrected chi connectivity index (χ4v) is 3.06. The number of hydrogen-bond acceptors (Lipinski definition) is 3. The lowest BCUT2D eigenvalue weighted by atomic mass is 10.1. The van der Waals surface area contributed by atoms with Crippen molar-refractivity contribution in [2.75, 3.05) is 12.4 Å². The van der Waals surface area contributed by atoms with Gasteiger partial charge in [-0.3, -0.25) is 0 Å². The summed E-state index contributed by atoms with van der Waals surface area (Å²) in [6, 6.07) is 7.73. The number of hydrogen-bond donors (Lipinski definition) is 1. The summed E-state index contributed by atoms with van der Waals surface area (Å²) in [6.45, 7) is 0.889. The Morgan fingerprint density at radius 1 is 1.39 bits per heavy atom. The molecule has 4 heteroatoms. The van der Waals surface area contributed by atoms with E-state index in [4.69, 9.17) is 16.3 Å². The van der Waals surface area contributed by atoms with Crippen LogP contribution in [-0.4, -0.2) is 29.7 Å². The van der Waals surface area contributed by atoms with Crippen LogP contribution in [0.1, 0.15) is 25.7 Å². The Balaban J connectivity index is 1.64. The van der Waals surface area contributed by atoms with Gasteiger partial charge >= 0.3 is 0 Å². The topological polar surface area (TPSA) is 29.5 Å². The number of aliphatic hydroxyl groups is 1. The summed E-state index contributed by atoms with van der Waals surface area (Å²) in [7, 11) is 0. The van der Waals surface area contributed by atoms with Gasteiger partial charge in [0.05, 0.1) is 12.2 Å². The van der Waals surface area contributed by atoms with Crippen LogP contribution in [-0.2, 0) is 4.74 Å². The van der Waals surface area contributed by atoms with Crippen LogP contribution >= 0.6 is 23.4 Å². The summed E-state index contributed by atoms with van der Waals surface area (Å²) in [5, 5.41) is 10.7.